The van der Waals surface area contributed by atoms with Gasteiger partial charge in [0.1, 0.15) is 0 Å². The summed E-state index contributed by atoms with van der Waals surface area (Å²) in [4.78, 5) is 11.7. The summed E-state index contributed by atoms with van der Waals surface area (Å²) in [6.07, 6.45) is 0. The first-order valence-corrected chi connectivity index (χ1v) is 5.10. The van der Waals surface area contributed by atoms with E-state index in [9.17, 15) is 4.79 Å². The molecule has 0 aliphatic heterocycles. The second-order valence-electron chi connectivity index (χ2n) is 3.19. The van der Waals surface area contributed by atoms with Gasteiger partial charge < -0.3 is 16.4 Å². The second kappa shape index (κ2) is 5.24. The summed E-state index contributed by atoms with van der Waals surface area (Å²) in [5.74, 6) is -0.0755. The standard InChI is InChI=1S/C11H17N3O/c1-3-13-10-7-8(12)5-6-9(10)11(15)14-4-2/h5-7,13H,3-4,12H2,1-2H3,(H,14,15). The number of hydrogen-bond donors (Lipinski definition) is 3. The van der Waals surface area contributed by atoms with Crippen molar-refractivity contribution in [3.63, 3.8) is 0 Å². The van der Waals surface area contributed by atoms with Gasteiger partial charge >= 0.3 is 0 Å². The molecule has 0 unspecified atom stereocenters. The minimum Gasteiger partial charge on any atom is -0.399 e. The van der Waals surface area contributed by atoms with E-state index >= 15 is 0 Å². The monoisotopic (exact) mass is 207 g/mol. The minimum absolute atomic E-state index is 0.0755. The molecule has 0 saturated heterocycles. The number of carbonyl (C=O) groups excluding carboxylic acids is 1. The number of carbonyl (C=O) groups is 1. The Balaban J connectivity index is 2.99. The molecule has 1 aromatic carbocycles. The molecule has 0 spiro atoms. The molecule has 1 rings (SSSR count). The summed E-state index contributed by atoms with van der Waals surface area (Å²) in [7, 11) is 0. The quantitative estimate of drug-likeness (QED) is 0.655. The second-order valence-corrected chi connectivity index (χ2v) is 3.19. The van der Waals surface area contributed by atoms with Crippen LogP contribution in [0.3, 0.4) is 0 Å². The van der Waals surface area contributed by atoms with Crippen LogP contribution in [0.1, 0.15) is 24.2 Å². The number of benzene rings is 1. The zero-order valence-corrected chi connectivity index (χ0v) is 9.13. The van der Waals surface area contributed by atoms with E-state index in [0.717, 1.165) is 12.2 Å². The first-order chi connectivity index (χ1) is 7.19. The van der Waals surface area contributed by atoms with Crippen LogP contribution in [0, 0.1) is 0 Å². The number of nitrogens with two attached hydrogens (primary N) is 1. The normalized spacial score (nSPS) is 9.73. The molecule has 0 radical (unpaired) electrons. The van der Waals surface area contributed by atoms with E-state index in [2.05, 4.69) is 10.6 Å². The largest absolute Gasteiger partial charge is 0.399 e. The van der Waals surface area contributed by atoms with Gasteiger partial charge in [-0.1, -0.05) is 0 Å². The van der Waals surface area contributed by atoms with Crippen LogP contribution in [0.2, 0.25) is 0 Å². The molecule has 1 amide bonds. The molecule has 0 saturated carbocycles. The molecule has 4 N–H and O–H groups in total. The van der Waals surface area contributed by atoms with E-state index in [-0.39, 0.29) is 5.91 Å². The van der Waals surface area contributed by atoms with Crippen LogP contribution in [0.4, 0.5) is 11.4 Å². The van der Waals surface area contributed by atoms with Gasteiger partial charge in [0.15, 0.2) is 0 Å². The fraction of sp³-hybridized carbons (Fsp3) is 0.364. The molecule has 4 nitrogen and oxygen atoms in total. The third-order valence-electron chi connectivity index (χ3n) is 1.99. The Hall–Kier alpha value is -1.71. The Labute approximate surface area is 89.9 Å². The molecule has 0 fully saturated rings. The molecule has 0 aromatic heterocycles. The molecule has 82 valence electrons. The maximum atomic E-state index is 11.7. The number of nitrogen functional groups attached to an aromatic ring is 1. The van der Waals surface area contributed by atoms with Crippen LogP contribution in [0.25, 0.3) is 0 Å². The van der Waals surface area contributed by atoms with E-state index in [1.54, 1.807) is 18.2 Å². The van der Waals surface area contributed by atoms with E-state index in [4.69, 9.17) is 5.73 Å². The summed E-state index contributed by atoms with van der Waals surface area (Å²) in [6, 6.07) is 5.23. The van der Waals surface area contributed by atoms with Gasteiger partial charge in [-0.15, -0.1) is 0 Å². The van der Waals surface area contributed by atoms with Crippen molar-refractivity contribution in [3.8, 4) is 0 Å². The van der Waals surface area contributed by atoms with Gasteiger partial charge in [-0.05, 0) is 32.0 Å². The van der Waals surface area contributed by atoms with Gasteiger partial charge in [0.05, 0.1) is 5.56 Å². The van der Waals surface area contributed by atoms with Gasteiger partial charge in [-0.25, -0.2) is 0 Å². The van der Waals surface area contributed by atoms with E-state index in [0.29, 0.717) is 17.8 Å². The predicted octanol–water partition coefficient (Wildman–Crippen LogP) is 1.45. The Bertz CT molecular complexity index is 350. The lowest BCUT2D eigenvalue weighted by atomic mass is 10.1. The summed E-state index contributed by atoms with van der Waals surface area (Å²) < 4.78 is 0. The van der Waals surface area contributed by atoms with Crippen LogP contribution in [-0.2, 0) is 0 Å². The Kier molecular flexibility index (Phi) is 3.97. The predicted molar refractivity (Wildman–Crippen MR) is 63.0 cm³/mol. The number of amides is 1. The number of rotatable bonds is 4. The summed E-state index contributed by atoms with van der Waals surface area (Å²) >= 11 is 0. The van der Waals surface area contributed by atoms with Crippen LogP contribution in [0.5, 0.6) is 0 Å². The van der Waals surface area contributed by atoms with Crippen molar-refractivity contribution in [3.05, 3.63) is 23.8 Å². The fourth-order valence-corrected chi connectivity index (χ4v) is 1.35. The molecule has 15 heavy (non-hydrogen) atoms. The molecule has 0 bridgehead atoms. The van der Waals surface area contributed by atoms with Crippen molar-refractivity contribution < 1.29 is 4.79 Å². The number of anilines is 2. The van der Waals surface area contributed by atoms with Crippen LogP contribution in [-0.4, -0.2) is 19.0 Å². The third-order valence-corrected chi connectivity index (χ3v) is 1.99. The smallest absolute Gasteiger partial charge is 0.253 e. The summed E-state index contributed by atoms with van der Waals surface area (Å²) in [6.45, 7) is 5.25. The van der Waals surface area contributed by atoms with Crippen molar-refractivity contribution >= 4 is 17.3 Å². The van der Waals surface area contributed by atoms with Crippen LogP contribution >= 0.6 is 0 Å². The molecular weight excluding hydrogens is 190 g/mol. The molecule has 1 aromatic rings. The molecule has 0 aliphatic carbocycles. The van der Waals surface area contributed by atoms with Crippen molar-refractivity contribution in [1.29, 1.82) is 0 Å². The van der Waals surface area contributed by atoms with E-state index < -0.39 is 0 Å². The lowest BCUT2D eigenvalue weighted by Gasteiger charge is -2.11. The highest BCUT2D eigenvalue weighted by molar-refractivity contribution is 6.00. The van der Waals surface area contributed by atoms with Gasteiger partial charge in [-0.3, -0.25) is 4.79 Å². The van der Waals surface area contributed by atoms with Gasteiger partial charge in [0, 0.05) is 24.5 Å². The van der Waals surface area contributed by atoms with E-state index in [1.165, 1.54) is 0 Å². The maximum Gasteiger partial charge on any atom is 0.253 e. The van der Waals surface area contributed by atoms with Crippen molar-refractivity contribution in [2.45, 2.75) is 13.8 Å². The number of nitrogens with one attached hydrogen (secondary N) is 2. The lowest BCUT2D eigenvalue weighted by Crippen LogP contribution is -2.23. The maximum absolute atomic E-state index is 11.7. The van der Waals surface area contributed by atoms with Gasteiger partial charge in [-0.2, -0.15) is 0 Å². The number of hydrogen-bond acceptors (Lipinski definition) is 3. The van der Waals surface area contributed by atoms with Gasteiger partial charge in [0.2, 0.25) is 0 Å². The molecule has 0 atom stereocenters. The highest BCUT2D eigenvalue weighted by atomic mass is 16.1. The Morgan fingerprint density at radius 1 is 1.33 bits per heavy atom. The molecular formula is C11H17N3O. The van der Waals surface area contributed by atoms with Crippen molar-refractivity contribution in [1.82, 2.24) is 5.32 Å². The summed E-state index contributed by atoms with van der Waals surface area (Å²) in [5.41, 5.74) is 7.73. The lowest BCUT2D eigenvalue weighted by molar-refractivity contribution is 0.0956. The Morgan fingerprint density at radius 2 is 2.07 bits per heavy atom. The molecule has 0 heterocycles. The third kappa shape index (κ3) is 2.87. The molecule has 0 aliphatic rings. The molecule has 4 heteroatoms. The van der Waals surface area contributed by atoms with Gasteiger partial charge in [0.25, 0.3) is 5.91 Å². The van der Waals surface area contributed by atoms with E-state index in [1.807, 2.05) is 13.8 Å². The zero-order valence-electron chi connectivity index (χ0n) is 9.13. The van der Waals surface area contributed by atoms with Crippen LogP contribution < -0.4 is 16.4 Å². The highest BCUT2D eigenvalue weighted by Gasteiger charge is 2.09. The first kappa shape index (κ1) is 11.4. The van der Waals surface area contributed by atoms with Crippen molar-refractivity contribution in [2.24, 2.45) is 0 Å². The Morgan fingerprint density at radius 3 is 2.67 bits per heavy atom. The van der Waals surface area contributed by atoms with Crippen molar-refractivity contribution in [2.75, 3.05) is 24.1 Å². The fourth-order valence-electron chi connectivity index (χ4n) is 1.35. The zero-order chi connectivity index (χ0) is 11.3. The average molecular weight is 207 g/mol. The minimum atomic E-state index is -0.0755. The summed E-state index contributed by atoms with van der Waals surface area (Å²) in [5, 5.41) is 5.88. The highest BCUT2D eigenvalue weighted by Crippen LogP contribution is 2.18. The average Bonchev–Trinajstić information content (AvgIpc) is 2.18. The SMILES string of the molecule is CCNC(=O)c1ccc(N)cc1NCC. The first-order valence-electron chi connectivity index (χ1n) is 5.10. The topological polar surface area (TPSA) is 67.2 Å². The van der Waals surface area contributed by atoms with Crippen LogP contribution in [0.15, 0.2) is 18.2 Å².